The Balaban J connectivity index is 1.61. The third-order valence-electron chi connectivity index (χ3n) is 4.33. The van der Waals surface area contributed by atoms with Crippen LogP contribution >= 0.6 is 35.0 Å². The van der Waals surface area contributed by atoms with Crippen molar-refractivity contribution in [3.63, 3.8) is 0 Å². The average Bonchev–Trinajstić information content (AvgIpc) is 3.16. The van der Waals surface area contributed by atoms with Gasteiger partial charge < -0.3 is 9.88 Å². The first-order valence-corrected chi connectivity index (χ1v) is 11.4. The van der Waals surface area contributed by atoms with Crippen molar-refractivity contribution in [1.29, 1.82) is 0 Å². The maximum Gasteiger partial charge on any atom is 0.253 e. The average molecular weight is 489 g/mol. The topological polar surface area (TPSA) is 84.2 Å². The largest absolute Gasteiger partial charge is 0.378 e. The van der Waals surface area contributed by atoms with Crippen molar-refractivity contribution >= 4 is 52.8 Å². The van der Waals surface area contributed by atoms with Crippen molar-refractivity contribution in [2.45, 2.75) is 30.4 Å². The third kappa shape index (κ3) is 6.59. The smallest absolute Gasteiger partial charge is 0.253 e. The van der Waals surface area contributed by atoms with Gasteiger partial charge in [0.15, 0.2) is 11.0 Å². The van der Waals surface area contributed by atoms with Crippen molar-refractivity contribution in [3.05, 3.63) is 82.6 Å². The van der Waals surface area contributed by atoms with E-state index in [1.165, 1.54) is 18.0 Å². The van der Waals surface area contributed by atoms with Gasteiger partial charge in [0.05, 0.1) is 18.0 Å². The minimum Gasteiger partial charge on any atom is -0.378 e. The van der Waals surface area contributed by atoms with E-state index in [4.69, 9.17) is 23.2 Å². The molecular formula is C22H22Cl2N6OS. The normalized spacial score (nSPS) is 12.0. The van der Waals surface area contributed by atoms with Gasteiger partial charge in [-0.2, -0.15) is 5.10 Å². The van der Waals surface area contributed by atoms with E-state index in [0.717, 1.165) is 17.1 Å². The molecule has 10 heteroatoms. The van der Waals surface area contributed by atoms with E-state index in [1.54, 1.807) is 19.1 Å². The van der Waals surface area contributed by atoms with E-state index in [1.807, 2.05) is 47.0 Å². The van der Waals surface area contributed by atoms with E-state index < -0.39 is 5.25 Å². The minimum absolute atomic E-state index is 0.257. The monoisotopic (exact) mass is 488 g/mol. The molecule has 0 bridgehead atoms. The van der Waals surface area contributed by atoms with Crippen molar-refractivity contribution in [1.82, 2.24) is 20.2 Å². The Morgan fingerprint density at radius 3 is 2.69 bits per heavy atom. The first kappa shape index (κ1) is 23.8. The molecule has 0 fully saturated rings. The Labute approximate surface area is 200 Å². The number of carbonyl (C=O) groups is 1. The Kier molecular flexibility index (Phi) is 8.72. The Morgan fingerprint density at radius 2 is 1.97 bits per heavy atom. The number of aromatic nitrogens is 3. The first-order valence-electron chi connectivity index (χ1n) is 9.74. The summed E-state index contributed by atoms with van der Waals surface area (Å²) in [5.41, 5.74) is 4.18. The molecule has 166 valence electrons. The summed E-state index contributed by atoms with van der Waals surface area (Å²) in [6.07, 6.45) is 3.27. The lowest BCUT2D eigenvalue weighted by Gasteiger charge is -2.12. The zero-order valence-corrected chi connectivity index (χ0v) is 19.7. The maximum atomic E-state index is 12.5. The number of hydrogen-bond acceptors (Lipinski definition) is 6. The molecule has 0 aliphatic carbocycles. The molecule has 1 unspecified atom stereocenters. The van der Waals surface area contributed by atoms with Gasteiger partial charge in [0.1, 0.15) is 0 Å². The molecule has 0 spiro atoms. The molecule has 32 heavy (non-hydrogen) atoms. The fraction of sp³-hybridized carbons (Fsp3) is 0.182. The highest BCUT2D eigenvalue weighted by Gasteiger charge is 2.19. The summed E-state index contributed by atoms with van der Waals surface area (Å²) in [6, 6.07) is 14.7. The quantitative estimate of drug-likeness (QED) is 0.181. The molecule has 0 radical (unpaired) electrons. The van der Waals surface area contributed by atoms with Crippen LogP contribution in [0.5, 0.6) is 0 Å². The highest BCUT2D eigenvalue weighted by Crippen LogP contribution is 2.23. The van der Waals surface area contributed by atoms with Gasteiger partial charge in [0.2, 0.25) is 0 Å². The van der Waals surface area contributed by atoms with E-state index in [2.05, 4.69) is 32.6 Å². The number of halogens is 2. The van der Waals surface area contributed by atoms with Gasteiger partial charge in [-0.25, -0.2) is 5.43 Å². The molecule has 3 aromatic rings. The lowest BCUT2D eigenvalue weighted by Crippen LogP contribution is -2.27. The number of benzene rings is 2. The lowest BCUT2D eigenvalue weighted by atomic mass is 10.2. The summed E-state index contributed by atoms with van der Waals surface area (Å²) >= 11 is 13.3. The number of thioether (sulfide) groups is 1. The van der Waals surface area contributed by atoms with E-state index >= 15 is 0 Å². The molecule has 7 nitrogen and oxygen atoms in total. The Hall–Kier alpha value is -2.81. The molecule has 0 saturated carbocycles. The standard InChI is InChI=1S/C22H22Cl2N6OS/c1-3-12-30-20(14-25-18-10-8-17(23)9-11-18)27-29-22(30)32-15(2)21(31)28-26-13-16-6-4-5-7-19(16)24/h3-11,13,15,25H,1,12,14H2,2H3,(H,28,31). The highest BCUT2D eigenvalue weighted by molar-refractivity contribution is 8.00. The second-order valence-electron chi connectivity index (χ2n) is 6.67. The molecule has 1 atom stereocenters. The van der Waals surface area contributed by atoms with Crippen LogP contribution in [-0.4, -0.2) is 32.1 Å². The number of amides is 1. The molecule has 1 heterocycles. The van der Waals surface area contributed by atoms with Crippen LogP contribution < -0.4 is 10.7 Å². The Bertz CT molecular complexity index is 1100. The van der Waals surface area contributed by atoms with Gasteiger partial charge in [-0.15, -0.1) is 16.8 Å². The van der Waals surface area contributed by atoms with Gasteiger partial charge in [-0.3, -0.25) is 4.79 Å². The van der Waals surface area contributed by atoms with Crippen molar-refractivity contribution < 1.29 is 4.79 Å². The lowest BCUT2D eigenvalue weighted by molar-refractivity contribution is -0.120. The number of anilines is 1. The van der Waals surface area contributed by atoms with Crippen LogP contribution in [0.3, 0.4) is 0 Å². The van der Waals surface area contributed by atoms with Crippen molar-refractivity contribution in [2.75, 3.05) is 5.32 Å². The predicted molar refractivity (Wildman–Crippen MR) is 132 cm³/mol. The van der Waals surface area contributed by atoms with Crippen LogP contribution in [0.25, 0.3) is 0 Å². The molecule has 1 amide bonds. The summed E-state index contributed by atoms with van der Waals surface area (Å²) < 4.78 is 1.91. The first-order chi connectivity index (χ1) is 15.5. The summed E-state index contributed by atoms with van der Waals surface area (Å²) in [6.45, 7) is 6.57. The van der Waals surface area contributed by atoms with Crippen LogP contribution in [0.15, 0.2) is 71.4 Å². The van der Waals surface area contributed by atoms with E-state index in [-0.39, 0.29) is 5.91 Å². The van der Waals surface area contributed by atoms with Crippen LogP contribution in [-0.2, 0) is 17.9 Å². The summed E-state index contributed by atoms with van der Waals surface area (Å²) in [5, 5.41) is 17.2. The molecular weight excluding hydrogens is 467 g/mol. The number of carbonyl (C=O) groups excluding carboxylic acids is 1. The second-order valence-corrected chi connectivity index (χ2v) is 8.83. The molecule has 2 N–H and O–H groups in total. The summed E-state index contributed by atoms with van der Waals surface area (Å²) in [4.78, 5) is 12.5. The molecule has 0 aliphatic heterocycles. The van der Waals surface area contributed by atoms with Gasteiger partial charge >= 0.3 is 0 Å². The number of nitrogens with one attached hydrogen (secondary N) is 2. The van der Waals surface area contributed by atoms with Gasteiger partial charge in [0, 0.05) is 27.8 Å². The number of rotatable bonds is 10. The zero-order valence-electron chi connectivity index (χ0n) is 17.3. The SMILES string of the molecule is C=CCn1c(CNc2ccc(Cl)cc2)nnc1SC(C)C(=O)NN=Cc1ccccc1Cl. The summed E-state index contributed by atoms with van der Waals surface area (Å²) in [7, 11) is 0. The van der Waals surface area contributed by atoms with Gasteiger partial charge in [0.25, 0.3) is 5.91 Å². The van der Waals surface area contributed by atoms with Gasteiger partial charge in [-0.1, -0.05) is 59.2 Å². The van der Waals surface area contributed by atoms with Crippen LogP contribution in [0, 0.1) is 0 Å². The van der Waals surface area contributed by atoms with Crippen molar-refractivity contribution in [2.24, 2.45) is 5.10 Å². The third-order valence-corrected chi connectivity index (χ3v) is 6.01. The fourth-order valence-electron chi connectivity index (χ4n) is 2.65. The molecule has 3 rings (SSSR count). The maximum absolute atomic E-state index is 12.5. The number of nitrogens with zero attached hydrogens (tertiary/aromatic N) is 4. The zero-order chi connectivity index (χ0) is 22.9. The summed E-state index contributed by atoms with van der Waals surface area (Å²) in [5.74, 6) is 0.471. The van der Waals surface area contributed by atoms with Gasteiger partial charge in [-0.05, 0) is 37.3 Å². The molecule has 2 aromatic carbocycles. The number of hydrazone groups is 1. The van der Waals surface area contributed by atoms with Crippen LogP contribution in [0.2, 0.25) is 10.0 Å². The van der Waals surface area contributed by atoms with Crippen LogP contribution in [0.1, 0.15) is 18.3 Å². The number of hydrogen-bond donors (Lipinski definition) is 2. The molecule has 1 aromatic heterocycles. The molecule has 0 aliphatic rings. The molecule has 0 saturated heterocycles. The van der Waals surface area contributed by atoms with E-state index in [9.17, 15) is 4.79 Å². The number of allylic oxidation sites excluding steroid dienone is 1. The van der Waals surface area contributed by atoms with E-state index in [0.29, 0.717) is 28.3 Å². The van der Waals surface area contributed by atoms with Crippen molar-refractivity contribution in [3.8, 4) is 0 Å². The predicted octanol–water partition coefficient (Wildman–Crippen LogP) is 5.01. The fourth-order valence-corrected chi connectivity index (χ4v) is 3.83. The minimum atomic E-state index is -0.441. The second kappa shape index (κ2) is 11.7. The Morgan fingerprint density at radius 1 is 1.22 bits per heavy atom. The highest BCUT2D eigenvalue weighted by atomic mass is 35.5. The van der Waals surface area contributed by atoms with Crippen LogP contribution in [0.4, 0.5) is 5.69 Å².